The van der Waals surface area contributed by atoms with Crippen LogP contribution in [-0.2, 0) is 26.1 Å². The summed E-state index contributed by atoms with van der Waals surface area (Å²) in [4.78, 5) is 28.4. The van der Waals surface area contributed by atoms with Gasteiger partial charge in [-0.05, 0) is 30.2 Å². The monoisotopic (exact) mass is 431 g/mol. The highest BCUT2D eigenvalue weighted by molar-refractivity contribution is 7.89. The Morgan fingerprint density at radius 2 is 1.70 bits per heavy atom. The molecular formula is C21H25N3O5S. The van der Waals surface area contributed by atoms with Crippen LogP contribution in [0.25, 0.3) is 0 Å². The van der Waals surface area contributed by atoms with Gasteiger partial charge in [-0.25, -0.2) is 18.4 Å². The molecule has 0 atom stereocenters. The maximum Gasteiger partial charge on any atom is 0.338 e. The molecular weight excluding hydrogens is 406 g/mol. The highest BCUT2D eigenvalue weighted by atomic mass is 32.2. The number of sulfonamides is 1. The van der Waals surface area contributed by atoms with Crippen molar-refractivity contribution in [2.45, 2.75) is 18.4 Å². The van der Waals surface area contributed by atoms with Gasteiger partial charge in [-0.3, -0.25) is 9.69 Å². The first-order chi connectivity index (χ1) is 14.2. The average molecular weight is 432 g/mol. The van der Waals surface area contributed by atoms with Gasteiger partial charge in [0.25, 0.3) is 5.91 Å². The molecule has 8 nitrogen and oxygen atoms in total. The van der Waals surface area contributed by atoms with Crippen LogP contribution >= 0.6 is 0 Å². The molecule has 0 aliphatic carbocycles. The molecule has 0 radical (unpaired) electrons. The number of nitrogens with two attached hydrogens (primary N) is 1. The van der Waals surface area contributed by atoms with E-state index in [1.165, 1.54) is 23.8 Å². The average Bonchev–Trinajstić information content (AvgIpc) is 2.72. The molecule has 30 heavy (non-hydrogen) atoms. The highest BCUT2D eigenvalue weighted by Gasteiger charge is 2.23. The third-order valence-corrected chi connectivity index (χ3v) is 6.08. The summed E-state index contributed by atoms with van der Waals surface area (Å²) >= 11 is 0. The Balaban J connectivity index is 1.50. The van der Waals surface area contributed by atoms with Crippen molar-refractivity contribution in [2.24, 2.45) is 5.14 Å². The standard InChI is InChI=1S/C21H25N3O5S/c1-16-7-8-18(13-19(16)30(22,27)28)21(26)29-15-20(25)24-11-9-23(10-12-24)14-17-5-3-2-4-6-17/h2-8,13H,9-12,14-15H2,1H3,(H2,22,27,28). The molecule has 160 valence electrons. The minimum Gasteiger partial charge on any atom is -0.452 e. The van der Waals surface area contributed by atoms with E-state index in [4.69, 9.17) is 9.88 Å². The molecule has 0 unspecified atom stereocenters. The summed E-state index contributed by atoms with van der Waals surface area (Å²) < 4.78 is 28.3. The van der Waals surface area contributed by atoms with Gasteiger partial charge in [-0.1, -0.05) is 36.4 Å². The first-order valence-electron chi connectivity index (χ1n) is 9.58. The number of hydrogen-bond donors (Lipinski definition) is 1. The van der Waals surface area contributed by atoms with E-state index in [2.05, 4.69) is 17.0 Å². The molecule has 1 aliphatic heterocycles. The molecule has 2 aromatic rings. The van der Waals surface area contributed by atoms with Gasteiger partial charge < -0.3 is 9.64 Å². The lowest BCUT2D eigenvalue weighted by atomic mass is 10.1. The summed E-state index contributed by atoms with van der Waals surface area (Å²) in [5.41, 5.74) is 1.69. The number of amides is 1. The number of carbonyl (C=O) groups is 2. The number of rotatable bonds is 6. The fourth-order valence-electron chi connectivity index (χ4n) is 3.33. The van der Waals surface area contributed by atoms with Crippen molar-refractivity contribution in [1.82, 2.24) is 9.80 Å². The van der Waals surface area contributed by atoms with Crippen LogP contribution in [0.4, 0.5) is 0 Å². The Morgan fingerprint density at radius 1 is 1.03 bits per heavy atom. The number of ether oxygens (including phenoxy) is 1. The van der Waals surface area contributed by atoms with Crippen LogP contribution in [0.1, 0.15) is 21.5 Å². The van der Waals surface area contributed by atoms with E-state index in [9.17, 15) is 18.0 Å². The molecule has 2 N–H and O–H groups in total. The van der Waals surface area contributed by atoms with Gasteiger partial charge in [0, 0.05) is 32.7 Å². The molecule has 1 amide bonds. The number of aryl methyl sites for hydroxylation is 1. The molecule has 9 heteroatoms. The van der Waals surface area contributed by atoms with Gasteiger partial charge in [-0.2, -0.15) is 0 Å². The number of piperazine rings is 1. The quantitative estimate of drug-likeness (QED) is 0.687. The Hall–Kier alpha value is -2.75. The van der Waals surface area contributed by atoms with Crippen LogP contribution in [0.5, 0.6) is 0 Å². The lowest BCUT2D eigenvalue weighted by Crippen LogP contribution is -2.49. The van der Waals surface area contributed by atoms with Crippen molar-refractivity contribution in [1.29, 1.82) is 0 Å². The SMILES string of the molecule is Cc1ccc(C(=O)OCC(=O)N2CCN(Cc3ccccc3)CC2)cc1S(N)(=O)=O. The van der Waals surface area contributed by atoms with Crippen LogP contribution in [0.2, 0.25) is 0 Å². The van der Waals surface area contributed by atoms with E-state index in [1.54, 1.807) is 11.8 Å². The lowest BCUT2D eigenvalue weighted by molar-refractivity contribution is -0.136. The summed E-state index contributed by atoms with van der Waals surface area (Å²) in [6, 6.07) is 14.2. The third-order valence-electron chi connectivity index (χ3n) is 5.03. The van der Waals surface area contributed by atoms with E-state index < -0.39 is 22.6 Å². The first-order valence-corrected chi connectivity index (χ1v) is 11.1. The number of nitrogens with zero attached hydrogens (tertiary/aromatic N) is 2. The number of hydrogen-bond acceptors (Lipinski definition) is 6. The molecule has 3 rings (SSSR count). The van der Waals surface area contributed by atoms with Crippen molar-refractivity contribution in [3.05, 3.63) is 65.2 Å². The Kier molecular flexibility index (Phi) is 6.86. The van der Waals surface area contributed by atoms with Crippen molar-refractivity contribution < 1.29 is 22.7 Å². The fourth-order valence-corrected chi connectivity index (χ4v) is 4.14. The Morgan fingerprint density at radius 3 is 2.33 bits per heavy atom. The smallest absolute Gasteiger partial charge is 0.338 e. The van der Waals surface area contributed by atoms with E-state index >= 15 is 0 Å². The minimum absolute atomic E-state index is 0.0325. The van der Waals surface area contributed by atoms with Gasteiger partial charge in [-0.15, -0.1) is 0 Å². The van der Waals surface area contributed by atoms with Crippen LogP contribution in [0.3, 0.4) is 0 Å². The number of benzene rings is 2. The molecule has 2 aromatic carbocycles. The largest absolute Gasteiger partial charge is 0.452 e. The zero-order valence-electron chi connectivity index (χ0n) is 16.8. The normalized spacial score (nSPS) is 15.1. The third kappa shape index (κ3) is 5.65. The van der Waals surface area contributed by atoms with Gasteiger partial charge in [0.1, 0.15) is 0 Å². The molecule has 1 heterocycles. The van der Waals surface area contributed by atoms with Gasteiger partial charge in [0.15, 0.2) is 6.61 Å². The zero-order chi connectivity index (χ0) is 21.7. The van der Waals surface area contributed by atoms with Crippen LogP contribution < -0.4 is 5.14 Å². The minimum atomic E-state index is -3.95. The topological polar surface area (TPSA) is 110 Å². The molecule has 1 saturated heterocycles. The van der Waals surface area contributed by atoms with Gasteiger partial charge in [0.2, 0.25) is 10.0 Å². The van der Waals surface area contributed by atoms with Crippen molar-refractivity contribution in [2.75, 3.05) is 32.8 Å². The fraction of sp³-hybridized carbons (Fsp3) is 0.333. The zero-order valence-corrected chi connectivity index (χ0v) is 17.6. The molecule has 0 saturated carbocycles. The van der Waals surface area contributed by atoms with E-state index in [1.807, 2.05) is 18.2 Å². The maximum atomic E-state index is 12.4. The van der Waals surface area contributed by atoms with Crippen molar-refractivity contribution in [3.8, 4) is 0 Å². The summed E-state index contributed by atoms with van der Waals surface area (Å²) in [5.74, 6) is -1.04. The lowest BCUT2D eigenvalue weighted by Gasteiger charge is -2.34. The Bertz CT molecular complexity index is 1020. The maximum absolute atomic E-state index is 12.4. The first kappa shape index (κ1) is 21.9. The molecule has 1 fully saturated rings. The summed E-state index contributed by atoms with van der Waals surface area (Å²) in [5, 5.41) is 5.16. The second kappa shape index (κ2) is 9.38. The number of esters is 1. The number of primary sulfonamides is 1. The van der Waals surface area contributed by atoms with Crippen molar-refractivity contribution >= 4 is 21.9 Å². The van der Waals surface area contributed by atoms with E-state index in [0.29, 0.717) is 18.7 Å². The second-order valence-electron chi connectivity index (χ2n) is 7.24. The molecule has 0 spiro atoms. The summed E-state index contributed by atoms with van der Waals surface area (Å²) in [6.07, 6.45) is 0. The molecule has 0 bridgehead atoms. The highest BCUT2D eigenvalue weighted by Crippen LogP contribution is 2.16. The van der Waals surface area contributed by atoms with Crippen LogP contribution in [0, 0.1) is 6.92 Å². The van der Waals surface area contributed by atoms with Crippen LogP contribution in [-0.4, -0.2) is 62.9 Å². The molecule has 1 aliphatic rings. The van der Waals surface area contributed by atoms with E-state index in [0.717, 1.165) is 19.6 Å². The molecule has 0 aromatic heterocycles. The predicted octanol–water partition coefficient (Wildman–Crippen LogP) is 1.14. The van der Waals surface area contributed by atoms with Gasteiger partial charge in [0.05, 0.1) is 10.5 Å². The second-order valence-corrected chi connectivity index (χ2v) is 8.77. The van der Waals surface area contributed by atoms with Gasteiger partial charge >= 0.3 is 5.97 Å². The van der Waals surface area contributed by atoms with Crippen LogP contribution in [0.15, 0.2) is 53.4 Å². The van der Waals surface area contributed by atoms with Crippen molar-refractivity contribution in [3.63, 3.8) is 0 Å². The Labute approximate surface area is 176 Å². The number of carbonyl (C=O) groups excluding carboxylic acids is 2. The van der Waals surface area contributed by atoms with E-state index in [-0.39, 0.29) is 16.4 Å². The predicted molar refractivity (Wildman–Crippen MR) is 111 cm³/mol. The summed E-state index contributed by atoms with van der Waals surface area (Å²) in [7, 11) is -3.95. The summed E-state index contributed by atoms with van der Waals surface area (Å²) in [6.45, 7) is 4.62.